The van der Waals surface area contributed by atoms with E-state index in [1.54, 1.807) is 23.7 Å². The normalized spacial score (nSPS) is 12.3. The Balaban J connectivity index is 2.24. The SMILES string of the molecule is Cc1nn(C(C)C(=O)Nc2cccc(Cl)c2C)c(C)c1Cl. The first kappa shape index (κ1) is 15.9. The maximum absolute atomic E-state index is 12.4. The number of anilines is 1. The zero-order valence-electron chi connectivity index (χ0n) is 12.4. The van der Waals surface area contributed by atoms with Crippen molar-refractivity contribution in [2.45, 2.75) is 33.7 Å². The molecule has 1 amide bonds. The largest absolute Gasteiger partial charge is 0.324 e. The number of nitrogens with zero attached hydrogens (tertiary/aromatic N) is 2. The average Bonchev–Trinajstić information content (AvgIpc) is 2.70. The Hall–Kier alpha value is -1.52. The topological polar surface area (TPSA) is 46.9 Å². The van der Waals surface area contributed by atoms with Crippen LogP contribution >= 0.6 is 23.2 Å². The second kappa shape index (κ2) is 6.08. The third kappa shape index (κ3) is 3.06. The Morgan fingerprint density at radius 2 is 1.95 bits per heavy atom. The molecule has 1 heterocycles. The fourth-order valence-electron chi connectivity index (χ4n) is 2.11. The fraction of sp³-hybridized carbons (Fsp3) is 0.333. The van der Waals surface area contributed by atoms with Crippen molar-refractivity contribution in [2.24, 2.45) is 0 Å². The molecule has 0 fully saturated rings. The lowest BCUT2D eigenvalue weighted by Crippen LogP contribution is -2.25. The molecule has 2 rings (SSSR count). The van der Waals surface area contributed by atoms with Gasteiger partial charge >= 0.3 is 0 Å². The van der Waals surface area contributed by atoms with E-state index < -0.39 is 6.04 Å². The Morgan fingerprint density at radius 3 is 2.52 bits per heavy atom. The minimum Gasteiger partial charge on any atom is -0.324 e. The number of benzene rings is 1. The molecule has 2 aromatic rings. The van der Waals surface area contributed by atoms with Gasteiger partial charge in [-0.2, -0.15) is 5.10 Å². The van der Waals surface area contributed by atoms with Crippen LogP contribution in [-0.2, 0) is 4.79 Å². The van der Waals surface area contributed by atoms with Crippen LogP contribution in [0.3, 0.4) is 0 Å². The number of carbonyl (C=O) groups is 1. The first-order valence-corrected chi connectivity index (χ1v) is 7.35. The van der Waals surface area contributed by atoms with E-state index in [2.05, 4.69) is 10.4 Å². The van der Waals surface area contributed by atoms with E-state index in [-0.39, 0.29) is 5.91 Å². The van der Waals surface area contributed by atoms with Gasteiger partial charge in [0.2, 0.25) is 5.91 Å². The summed E-state index contributed by atoms with van der Waals surface area (Å²) in [6, 6.07) is 4.95. The first-order valence-electron chi connectivity index (χ1n) is 6.60. The second-order valence-corrected chi connectivity index (χ2v) is 5.79. The minimum absolute atomic E-state index is 0.164. The molecule has 1 aromatic carbocycles. The van der Waals surface area contributed by atoms with Crippen molar-refractivity contribution >= 4 is 34.8 Å². The molecule has 6 heteroatoms. The molecule has 0 saturated carbocycles. The molecule has 1 aromatic heterocycles. The molecule has 0 aliphatic carbocycles. The van der Waals surface area contributed by atoms with Gasteiger partial charge in [-0.15, -0.1) is 0 Å². The predicted molar refractivity (Wildman–Crippen MR) is 86.2 cm³/mol. The highest BCUT2D eigenvalue weighted by molar-refractivity contribution is 6.32. The fourth-order valence-corrected chi connectivity index (χ4v) is 2.41. The van der Waals surface area contributed by atoms with Crippen LogP contribution in [0.25, 0.3) is 0 Å². The summed E-state index contributed by atoms with van der Waals surface area (Å²) in [5.41, 5.74) is 3.03. The van der Waals surface area contributed by atoms with Crippen molar-refractivity contribution in [3.8, 4) is 0 Å². The van der Waals surface area contributed by atoms with Crippen LogP contribution < -0.4 is 5.32 Å². The average molecular weight is 326 g/mol. The molecule has 1 unspecified atom stereocenters. The van der Waals surface area contributed by atoms with Crippen LogP contribution in [0.2, 0.25) is 10.0 Å². The Labute approximate surface area is 134 Å². The van der Waals surface area contributed by atoms with Gasteiger partial charge in [-0.25, -0.2) is 0 Å². The van der Waals surface area contributed by atoms with Gasteiger partial charge in [0.1, 0.15) is 6.04 Å². The third-order valence-electron chi connectivity index (χ3n) is 3.51. The molecule has 4 nitrogen and oxygen atoms in total. The molecule has 0 aliphatic rings. The maximum Gasteiger partial charge on any atom is 0.248 e. The van der Waals surface area contributed by atoms with Crippen molar-refractivity contribution < 1.29 is 4.79 Å². The second-order valence-electron chi connectivity index (χ2n) is 5.01. The standard InChI is InChI=1S/C15H17Cl2N3O/c1-8-12(16)6-5-7-13(8)18-15(21)11(4)20-10(3)14(17)9(2)19-20/h5-7,11H,1-4H3,(H,18,21). The molecule has 112 valence electrons. The zero-order valence-corrected chi connectivity index (χ0v) is 13.9. The summed E-state index contributed by atoms with van der Waals surface area (Å²) < 4.78 is 1.63. The van der Waals surface area contributed by atoms with Crippen LogP contribution in [0.5, 0.6) is 0 Å². The van der Waals surface area contributed by atoms with E-state index in [1.165, 1.54) is 0 Å². The molecule has 0 saturated heterocycles. The first-order chi connectivity index (χ1) is 9.82. The highest BCUT2D eigenvalue weighted by Gasteiger charge is 2.21. The number of aromatic nitrogens is 2. The molecule has 0 aliphatic heterocycles. The van der Waals surface area contributed by atoms with Crippen molar-refractivity contribution in [2.75, 3.05) is 5.32 Å². The van der Waals surface area contributed by atoms with Crippen molar-refractivity contribution in [3.05, 3.63) is 45.2 Å². The number of rotatable bonds is 3. The van der Waals surface area contributed by atoms with Gasteiger partial charge in [0.25, 0.3) is 0 Å². The van der Waals surface area contributed by atoms with Gasteiger partial charge in [-0.3, -0.25) is 9.48 Å². The predicted octanol–water partition coefficient (Wildman–Crippen LogP) is 4.31. The van der Waals surface area contributed by atoms with E-state index in [0.717, 1.165) is 11.3 Å². The highest BCUT2D eigenvalue weighted by atomic mass is 35.5. The number of halogens is 2. The number of amides is 1. The lowest BCUT2D eigenvalue weighted by molar-refractivity contribution is -0.119. The summed E-state index contributed by atoms with van der Waals surface area (Å²) in [5.74, 6) is -0.164. The molecule has 0 bridgehead atoms. The van der Waals surface area contributed by atoms with Crippen molar-refractivity contribution in [1.82, 2.24) is 9.78 Å². The molecule has 0 radical (unpaired) electrons. The molecular weight excluding hydrogens is 309 g/mol. The molecule has 21 heavy (non-hydrogen) atoms. The summed E-state index contributed by atoms with van der Waals surface area (Å²) in [6.07, 6.45) is 0. The van der Waals surface area contributed by atoms with Crippen LogP contribution in [0, 0.1) is 20.8 Å². The zero-order chi connectivity index (χ0) is 15.7. The maximum atomic E-state index is 12.4. The molecule has 1 atom stereocenters. The minimum atomic E-state index is -0.463. The summed E-state index contributed by atoms with van der Waals surface area (Å²) in [5, 5.41) is 8.40. The summed E-state index contributed by atoms with van der Waals surface area (Å²) in [7, 11) is 0. The Morgan fingerprint density at radius 1 is 1.29 bits per heavy atom. The van der Waals surface area contributed by atoms with Crippen LogP contribution in [0.1, 0.15) is 29.9 Å². The van der Waals surface area contributed by atoms with Gasteiger partial charge in [-0.1, -0.05) is 29.3 Å². The number of hydrogen-bond acceptors (Lipinski definition) is 2. The van der Waals surface area contributed by atoms with Gasteiger partial charge in [-0.05, 0) is 45.4 Å². The van der Waals surface area contributed by atoms with Gasteiger partial charge < -0.3 is 5.32 Å². The van der Waals surface area contributed by atoms with Gasteiger partial charge in [0.05, 0.1) is 16.4 Å². The third-order valence-corrected chi connectivity index (χ3v) is 4.47. The smallest absolute Gasteiger partial charge is 0.248 e. The summed E-state index contributed by atoms with van der Waals surface area (Å²) in [6.45, 7) is 7.31. The number of aryl methyl sites for hydroxylation is 1. The number of nitrogens with one attached hydrogen (secondary N) is 1. The molecule has 1 N–H and O–H groups in total. The monoisotopic (exact) mass is 325 g/mol. The highest BCUT2D eigenvalue weighted by Crippen LogP contribution is 2.25. The van der Waals surface area contributed by atoms with E-state index in [9.17, 15) is 4.79 Å². The number of carbonyl (C=O) groups excluding carboxylic acids is 1. The van der Waals surface area contributed by atoms with E-state index in [0.29, 0.717) is 21.4 Å². The quantitative estimate of drug-likeness (QED) is 0.913. The van der Waals surface area contributed by atoms with Crippen molar-refractivity contribution in [1.29, 1.82) is 0 Å². The Kier molecular flexibility index (Phi) is 4.59. The summed E-state index contributed by atoms with van der Waals surface area (Å²) >= 11 is 12.2. The van der Waals surface area contributed by atoms with E-state index >= 15 is 0 Å². The van der Waals surface area contributed by atoms with Crippen LogP contribution in [0.15, 0.2) is 18.2 Å². The molecule has 0 spiro atoms. The summed E-state index contributed by atoms with van der Waals surface area (Å²) in [4.78, 5) is 12.4. The lowest BCUT2D eigenvalue weighted by Gasteiger charge is -2.16. The van der Waals surface area contributed by atoms with Crippen LogP contribution in [-0.4, -0.2) is 15.7 Å². The molecular formula is C15H17Cl2N3O. The van der Waals surface area contributed by atoms with Crippen LogP contribution in [0.4, 0.5) is 5.69 Å². The lowest BCUT2D eigenvalue weighted by atomic mass is 10.2. The van der Waals surface area contributed by atoms with Crippen molar-refractivity contribution in [3.63, 3.8) is 0 Å². The Bertz CT molecular complexity index is 694. The van der Waals surface area contributed by atoms with E-state index in [4.69, 9.17) is 23.2 Å². The van der Waals surface area contributed by atoms with Gasteiger partial charge in [0, 0.05) is 10.7 Å². The van der Waals surface area contributed by atoms with E-state index in [1.807, 2.05) is 26.8 Å². The van der Waals surface area contributed by atoms with Gasteiger partial charge in [0.15, 0.2) is 0 Å². The number of hydrogen-bond donors (Lipinski definition) is 1.